The summed E-state index contributed by atoms with van der Waals surface area (Å²) in [7, 11) is 0. The molecular formula is C14H16BrNO2. The highest BCUT2D eigenvalue weighted by molar-refractivity contribution is 9.10. The number of piperidine rings is 1. The van der Waals surface area contributed by atoms with Crippen LogP contribution in [0, 0.1) is 5.92 Å². The van der Waals surface area contributed by atoms with Gasteiger partial charge in [-0.15, -0.1) is 0 Å². The van der Waals surface area contributed by atoms with Crippen molar-refractivity contribution in [2.75, 3.05) is 13.1 Å². The van der Waals surface area contributed by atoms with Gasteiger partial charge in [-0.2, -0.15) is 0 Å². The Hall–Kier alpha value is -1.16. The molecule has 0 spiro atoms. The molecule has 4 heteroatoms. The lowest BCUT2D eigenvalue weighted by Gasteiger charge is -2.30. The maximum absolute atomic E-state index is 12.1. The minimum absolute atomic E-state index is 0.0207. The second-order valence-electron chi connectivity index (χ2n) is 4.76. The molecule has 1 unspecified atom stereocenters. The molecule has 1 heterocycles. The van der Waals surface area contributed by atoms with Crippen molar-refractivity contribution in [1.29, 1.82) is 0 Å². The zero-order chi connectivity index (χ0) is 13.1. The zero-order valence-corrected chi connectivity index (χ0v) is 11.9. The summed E-state index contributed by atoms with van der Waals surface area (Å²) in [5, 5.41) is 0. The molecule has 3 nitrogen and oxygen atoms in total. The van der Waals surface area contributed by atoms with E-state index in [0.717, 1.165) is 10.0 Å². The first-order valence-corrected chi connectivity index (χ1v) is 6.90. The van der Waals surface area contributed by atoms with Gasteiger partial charge in [-0.25, -0.2) is 0 Å². The van der Waals surface area contributed by atoms with Crippen LogP contribution < -0.4 is 0 Å². The van der Waals surface area contributed by atoms with Crippen LogP contribution in [0.4, 0.5) is 0 Å². The number of Topliss-reactive ketones (excluding diaryl/α,β-unsaturated/α-hetero) is 1. The second-order valence-corrected chi connectivity index (χ2v) is 5.68. The molecule has 1 aromatic rings. The molecule has 1 aliphatic heterocycles. The fourth-order valence-corrected chi connectivity index (χ4v) is 2.39. The number of nitrogens with zero attached hydrogens (tertiary/aromatic N) is 1. The lowest BCUT2D eigenvalue weighted by molar-refractivity contribution is -0.136. The van der Waals surface area contributed by atoms with Gasteiger partial charge in [-0.1, -0.05) is 35.0 Å². The summed E-state index contributed by atoms with van der Waals surface area (Å²) in [6, 6.07) is 7.76. The fourth-order valence-electron chi connectivity index (χ4n) is 2.13. The smallest absolute Gasteiger partial charge is 0.227 e. The molecule has 1 aliphatic rings. The Morgan fingerprint density at radius 1 is 1.39 bits per heavy atom. The summed E-state index contributed by atoms with van der Waals surface area (Å²) in [5.74, 6) is 0.354. The predicted octanol–water partition coefficient (Wildman–Crippen LogP) is 2.43. The number of hydrogen-bond acceptors (Lipinski definition) is 2. The van der Waals surface area contributed by atoms with E-state index in [-0.39, 0.29) is 17.6 Å². The predicted molar refractivity (Wildman–Crippen MR) is 73.2 cm³/mol. The average Bonchev–Trinajstić information content (AvgIpc) is 2.35. The third kappa shape index (κ3) is 3.19. The van der Waals surface area contributed by atoms with Crippen molar-refractivity contribution >= 4 is 27.6 Å². The van der Waals surface area contributed by atoms with Gasteiger partial charge in [0.05, 0.1) is 6.42 Å². The van der Waals surface area contributed by atoms with Crippen molar-refractivity contribution in [1.82, 2.24) is 4.90 Å². The molecule has 1 atom stereocenters. The second kappa shape index (κ2) is 5.65. The van der Waals surface area contributed by atoms with Gasteiger partial charge in [0, 0.05) is 29.9 Å². The van der Waals surface area contributed by atoms with Crippen molar-refractivity contribution in [2.45, 2.75) is 19.8 Å². The quantitative estimate of drug-likeness (QED) is 0.841. The Balaban J connectivity index is 1.96. The van der Waals surface area contributed by atoms with Crippen molar-refractivity contribution < 1.29 is 9.59 Å². The third-order valence-corrected chi connectivity index (χ3v) is 3.82. The number of carbonyl (C=O) groups excluding carboxylic acids is 2. The number of likely N-dealkylation sites (tertiary alicyclic amines) is 1. The van der Waals surface area contributed by atoms with Gasteiger partial charge in [0.2, 0.25) is 5.91 Å². The summed E-state index contributed by atoms with van der Waals surface area (Å²) in [6.07, 6.45) is 0.904. The Labute approximate surface area is 115 Å². The fraction of sp³-hybridized carbons (Fsp3) is 0.429. The Morgan fingerprint density at radius 2 is 2.06 bits per heavy atom. The van der Waals surface area contributed by atoms with E-state index >= 15 is 0 Å². The number of halogens is 1. The highest BCUT2D eigenvalue weighted by atomic mass is 79.9. The van der Waals surface area contributed by atoms with Crippen LogP contribution in [-0.4, -0.2) is 29.7 Å². The minimum Gasteiger partial charge on any atom is -0.341 e. The van der Waals surface area contributed by atoms with Gasteiger partial charge >= 0.3 is 0 Å². The molecule has 0 radical (unpaired) electrons. The molecule has 2 rings (SSSR count). The highest BCUT2D eigenvalue weighted by Crippen LogP contribution is 2.15. The maximum Gasteiger partial charge on any atom is 0.227 e. The van der Waals surface area contributed by atoms with E-state index in [1.807, 2.05) is 31.2 Å². The van der Waals surface area contributed by atoms with E-state index in [0.29, 0.717) is 25.9 Å². The number of carbonyl (C=O) groups is 2. The molecule has 0 N–H and O–H groups in total. The van der Waals surface area contributed by atoms with Gasteiger partial charge in [0.25, 0.3) is 0 Å². The van der Waals surface area contributed by atoms with Crippen LogP contribution in [0.5, 0.6) is 0 Å². The molecule has 1 amide bonds. The van der Waals surface area contributed by atoms with Gasteiger partial charge in [-0.05, 0) is 17.7 Å². The van der Waals surface area contributed by atoms with Crippen LogP contribution in [0.25, 0.3) is 0 Å². The van der Waals surface area contributed by atoms with E-state index < -0.39 is 0 Å². The first kappa shape index (κ1) is 13.3. The Kier molecular flexibility index (Phi) is 4.17. The van der Waals surface area contributed by atoms with Crippen LogP contribution in [0.1, 0.15) is 18.9 Å². The van der Waals surface area contributed by atoms with E-state index in [1.165, 1.54) is 0 Å². The normalized spacial score (nSPS) is 20.0. The van der Waals surface area contributed by atoms with Crippen molar-refractivity contribution in [3.05, 3.63) is 34.3 Å². The molecule has 18 heavy (non-hydrogen) atoms. The number of rotatable bonds is 2. The number of hydrogen-bond donors (Lipinski definition) is 0. The summed E-state index contributed by atoms with van der Waals surface area (Å²) in [4.78, 5) is 25.3. The molecule has 0 aliphatic carbocycles. The van der Waals surface area contributed by atoms with Crippen molar-refractivity contribution in [3.63, 3.8) is 0 Å². The summed E-state index contributed by atoms with van der Waals surface area (Å²) >= 11 is 3.37. The molecular weight excluding hydrogens is 294 g/mol. The van der Waals surface area contributed by atoms with Crippen molar-refractivity contribution in [3.8, 4) is 0 Å². The summed E-state index contributed by atoms with van der Waals surface area (Å²) in [5.41, 5.74) is 1.01. The highest BCUT2D eigenvalue weighted by Gasteiger charge is 2.26. The van der Waals surface area contributed by atoms with Gasteiger partial charge in [-0.3, -0.25) is 9.59 Å². The van der Waals surface area contributed by atoms with Crippen LogP contribution in [0.3, 0.4) is 0 Å². The molecule has 96 valence electrons. The molecule has 0 bridgehead atoms. The number of benzene rings is 1. The van der Waals surface area contributed by atoms with Crippen LogP contribution >= 0.6 is 15.9 Å². The summed E-state index contributed by atoms with van der Waals surface area (Å²) in [6.45, 7) is 3.02. The van der Waals surface area contributed by atoms with Crippen LogP contribution in [0.15, 0.2) is 28.7 Å². The first-order valence-electron chi connectivity index (χ1n) is 6.11. The zero-order valence-electron chi connectivity index (χ0n) is 10.4. The van der Waals surface area contributed by atoms with E-state index in [1.54, 1.807) is 4.90 Å². The first-order chi connectivity index (χ1) is 8.56. The van der Waals surface area contributed by atoms with Gasteiger partial charge in [0.15, 0.2) is 0 Å². The largest absolute Gasteiger partial charge is 0.341 e. The molecule has 1 fully saturated rings. The van der Waals surface area contributed by atoms with E-state index in [4.69, 9.17) is 0 Å². The van der Waals surface area contributed by atoms with E-state index in [9.17, 15) is 9.59 Å². The maximum atomic E-state index is 12.1. The van der Waals surface area contributed by atoms with Gasteiger partial charge in [0.1, 0.15) is 5.78 Å². The van der Waals surface area contributed by atoms with Crippen LogP contribution in [0.2, 0.25) is 0 Å². The van der Waals surface area contributed by atoms with Crippen molar-refractivity contribution in [2.24, 2.45) is 5.92 Å². The monoisotopic (exact) mass is 309 g/mol. The molecule has 1 saturated heterocycles. The average molecular weight is 310 g/mol. The Morgan fingerprint density at radius 3 is 2.67 bits per heavy atom. The number of amides is 1. The summed E-state index contributed by atoms with van der Waals surface area (Å²) < 4.78 is 1.01. The standard InChI is InChI=1S/C14H16BrNO2/c1-10-9-16(7-6-13(10)17)14(18)8-11-2-4-12(15)5-3-11/h2-5,10H,6-9H2,1H3. The molecule has 0 saturated carbocycles. The lowest BCUT2D eigenvalue weighted by Crippen LogP contribution is -2.43. The minimum atomic E-state index is -0.0207. The topological polar surface area (TPSA) is 37.4 Å². The molecule has 1 aromatic carbocycles. The Bertz CT molecular complexity index is 455. The molecule has 0 aromatic heterocycles. The van der Waals surface area contributed by atoms with E-state index in [2.05, 4.69) is 15.9 Å². The SMILES string of the molecule is CC1CN(C(=O)Cc2ccc(Br)cc2)CCC1=O. The van der Waals surface area contributed by atoms with Gasteiger partial charge < -0.3 is 4.90 Å². The van der Waals surface area contributed by atoms with Crippen LogP contribution in [-0.2, 0) is 16.0 Å². The lowest BCUT2D eigenvalue weighted by atomic mass is 9.98. The third-order valence-electron chi connectivity index (χ3n) is 3.29. The number of ketones is 1.